The predicted molar refractivity (Wildman–Crippen MR) is 109 cm³/mol. The van der Waals surface area contributed by atoms with E-state index in [1.165, 1.54) is 12.5 Å². The average molecular weight is 415 g/mol. The summed E-state index contributed by atoms with van der Waals surface area (Å²) in [5, 5.41) is 0. The summed E-state index contributed by atoms with van der Waals surface area (Å²) in [5.41, 5.74) is 1.26. The van der Waals surface area contributed by atoms with Gasteiger partial charge in [-0.05, 0) is 37.8 Å². The summed E-state index contributed by atoms with van der Waals surface area (Å²) in [4.78, 5) is 28.0. The van der Waals surface area contributed by atoms with E-state index in [0.29, 0.717) is 18.1 Å². The second-order valence-electron chi connectivity index (χ2n) is 8.06. The normalized spacial score (nSPS) is 20.7. The molecule has 4 rings (SSSR count). The zero-order valence-electron chi connectivity index (χ0n) is 16.6. The third-order valence-electron chi connectivity index (χ3n) is 5.93. The summed E-state index contributed by atoms with van der Waals surface area (Å²) in [6.45, 7) is 1.25. The highest BCUT2D eigenvalue weighted by Crippen LogP contribution is 2.33. The van der Waals surface area contributed by atoms with E-state index in [-0.39, 0.29) is 22.6 Å². The fraction of sp³-hybridized carbons (Fsp3) is 0.524. The molecule has 29 heavy (non-hydrogen) atoms. The molecule has 1 aliphatic heterocycles. The Bertz CT molecular complexity index is 988. The smallest absolute Gasteiger partial charge is 0.225 e. The summed E-state index contributed by atoms with van der Waals surface area (Å²) in [5.74, 6) is 0.686. The van der Waals surface area contributed by atoms with Gasteiger partial charge in [0.15, 0.2) is 15.7 Å². The van der Waals surface area contributed by atoms with Crippen LogP contribution >= 0.6 is 0 Å². The predicted octanol–water partition coefficient (Wildman–Crippen LogP) is 2.84. The van der Waals surface area contributed by atoms with E-state index >= 15 is 0 Å². The molecular weight excluding hydrogens is 388 g/mol. The topological polar surface area (TPSA) is 93.1 Å². The molecule has 1 aliphatic carbocycles. The van der Waals surface area contributed by atoms with Gasteiger partial charge in [-0.15, -0.1) is 0 Å². The summed E-state index contributed by atoms with van der Waals surface area (Å²) < 4.78 is 24.8. The molecule has 154 valence electrons. The molecule has 0 radical (unpaired) electrons. The van der Waals surface area contributed by atoms with Crippen LogP contribution in [0.15, 0.2) is 35.6 Å². The molecule has 8 heteroatoms. The maximum absolute atomic E-state index is 12.9. The second kappa shape index (κ2) is 8.18. The minimum Gasteiger partial charge on any atom is -0.342 e. The molecule has 0 N–H and O–H groups in total. The molecule has 2 aliphatic rings. The van der Waals surface area contributed by atoms with Crippen molar-refractivity contribution in [3.8, 4) is 11.4 Å². The number of rotatable bonds is 4. The van der Waals surface area contributed by atoms with Crippen molar-refractivity contribution in [1.29, 1.82) is 0 Å². The third-order valence-corrected chi connectivity index (χ3v) is 7.04. The van der Waals surface area contributed by atoms with Crippen LogP contribution in [0.4, 0.5) is 0 Å². The number of hydrogen-bond donors (Lipinski definition) is 0. The number of likely N-dealkylation sites (tertiary alicyclic amines) is 1. The Labute approximate surface area is 171 Å². The molecule has 0 spiro atoms. The summed E-state index contributed by atoms with van der Waals surface area (Å²) in [6, 6.07) is 3.65. The molecule has 1 saturated heterocycles. The van der Waals surface area contributed by atoms with Crippen LogP contribution in [0.25, 0.3) is 11.4 Å². The van der Waals surface area contributed by atoms with Gasteiger partial charge >= 0.3 is 0 Å². The number of amides is 1. The molecule has 2 aromatic rings. The summed E-state index contributed by atoms with van der Waals surface area (Å²) in [7, 11) is -3.48. The Balaban J connectivity index is 1.67. The van der Waals surface area contributed by atoms with E-state index in [0.717, 1.165) is 50.6 Å². The Morgan fingerprint density at radius 2 is 1.93 bits per heavy atom. The zero-order chi connectivity index (χ0) is 20.4. The molecule has 1 amide bonds. The van der Waals surface area contributed by atoms with Crippen LogP contribution in [0, 0.1) is 5.92 Å². The first-order chi connectivity index (χ1) is 13.9. The van der Waals surface area contributed by atoms with Crippen molar-refractivity contribution < 1.29 is 13.2 Å². The van der Waals surface area contributed by atoms with Crippen LogP contribution in [0.2, 0.25) is 0 Å². The van der Waals surface area contributed by atoms with Crippen LogP contribution < -0.4 is 0 Å². The van der Waals surface area contributed by atoms with E-state index in [1.807, 2.05) is 11.0 Å². The minimum atomic E-state index is -3.48. The maximum Gasteiger partial charge on any atom is 0.225 e. The Morgan fingerprint density at radius 1 is 1.14 bits per heavy atom. The van der Waals surface area contributed by atoms with Crippen molar-refractivity contribution in [2.24, 2.45) is 5.92 Å². The third kappa shape index (κ3) is 4.32. The van der Waals surface area contributed by atoms with Crippen LogP contribution in [0.3, 0.4) is 0 Å². The lowest BCUT2D eigenvalue weighted by Gasteiger charge is -2.34. The van der Waals surface area contributed by atoms with Gasteiger partial charge in [-0.3, -0.25) is 9.78 Å². The highest BCUT2D eigenvalue weighted by molar-refractivity contribution is 7.90. The van der Waals surface area contributed by atoms with Crippen LogP contribution in [-0.4, -0.2) is 53.5 Å². The Hall–Kier alpha value is -2.35. The van der Waals surface area contributed by atoms with Gasteiger partial charge in [0.05, 0.1) is 5.69 Å². The molecule has 7 nitrogen and oxygen atoms in total. The average Bonchev–Trinajstić information content (AvgIpc) is 3.28. The fourth-order valence-corrected chi connectivity index (χ4v) is 5.26. The van der Waals surface area contributed by atoms with Crippen molar-refractivity contribution in [3.05, 3.63) is 36.4 Å². The van der Waals surface area contributed by atoms with E-state index in [4.69, 9.17) is 0 Å². The van der Waals surface area contributed by atoms with Crippen LogP contribution in [0.5, 0.6) is 0 Å². The fourth-order valence-electron chi connectivity index (χ4n) is 4.43. The minimum absolute atomic E-state index is 0.114. The monoisotopic (exact) mass is 414 g/mol. The van der Waals surface area contributed by atoms with Crippen LogP contribution in [-0.2, 0) is 14.6 Å². The van der Waals surface area contributed by atoms with Gasteiger partial charge in [0.1, 0.15) is 4.90 Å². The van der Waals surface area contributed by atoms with Gasteiger partial charge in [-0.1, -0.05) is 12.8 Å². The lowest BCUT2D eigenvalue weighted by Crippen LogP contribution is -2.42. The second-order valence-corrected chi connectivity index (χ2v) is 10.0. The van der Waals surface area contributed by atoms with E-state index in [2.05, 4.69) is 15.0 Å². The first kappa shape index (κ1) is 19.9. The molecule has 3 heterocycles. The van der Waals surface area contributed by atoms with Crippen molar-refractivity contribution in [2.75, 3.05) is 19.3 Å². The maximum atomic E-state index is 12.9. The number of sulfone groups is 1. The van der Waals surface area contributed by atoms with Crippen LogP contribution in [0.1, 0.15) is 50.1 Å². The molecule has 0 aromatic carbocycles. The van der Waals surface area contributed by atoms with Gasteiger partial charge in [0, 0.05) is 55.3 Å². The van der Waals surface area contributed by atoms with Gasteiger partial charge in [0.25, 0.3) is 0 Å². The molecule has 0 bridgehead atoms. The lowest BCUT2D eigenvalue weighted by atomic mass is 9.93. The largest absolute Gasteiger partial charge is 0.342 e. The Morgan fingerprint density at radius 3 is 2.62 bits per heavy atom. The number of pyridine rings is 1. The molecular formula is C21H26N4O3S. The van der Waals surface area contributed by atoms with E-state index in [1.54, 1.807) is 18.5 Å². The first-order valence-corrected chi connectivity index (χ1v) is 12.1. The standard InChI is InChI=1S/C21H26N4O3S/c1-29(27,28)18-13-23-20(16-8-4-10-22-12-16)24-19(18)17-9-5-11-25(14-17)21(26)15-6-2-3-7-15/h4,8,10,12-13,15,17H,2-3,5-7,9,11,14H2,1H3. The zero-order valence-corrected chi connectivity index (χ0v) is 17.4. The number of aromatic nitrogens is 3. The molecule has 1 atom stereocenters. The number of hydrogen-bond acceptors (Lipinski definition) is 6. The van der Waals surface area contributed by atoms with E-state index < -0.39 is 9.84 Å². The summed E-state index contributed by atoms with van der Waals surface area (Å²) in [6.07, 6.45) is 11.7. The van der Waals surface area contributed by atoms with Crippen molar-refractivity contribution in [3.63, 3.8) is 0 Å². The van der Waals surface area contributed by atoms with Crippen molar-refractivity contribution in [2.45, 2.75) is 49.3 Å². The quantitative estimate of drug-likeness (QED) is 0.764. The highest BCUT2D eigenvalue weighted by Gasteiger charge is 2.33. The van der Waals surface area contributed by atoms with Gasteiger partial charge in [0.2, 0.25) is 5.91 Å². The highest BCUT2D eigenvalue weighted by atomic mass is 32.2. The molecule has 1 saturated carbocycles. The van der Waals surface area contributed by atoms with Gasteiger partial charge < -0.3 is 4.90 Å². The van der Waals surface area contributed by atoms with Crippen molar-refractivity contribution in [1.82, 2.24) is 19.9 Å². The SMILES string of the molecule is CS(=O)(=O)c1cnc(-c2cccnc2)nc1C1CCCN(C(=O)C2CCCC2)C1. The van der Waals surface area contributed by atoms with Crippen molar-refractivity contribution >= 4 is 15.7 Å². The molecule has 2 aromatic heterocycles. The van der Waals surface area contributed by atoms with Gasteiger partial charge in [-0.2, -0.15) is 0 Å². The number of piperidine rings is 1. The Kier molecular flexibility index (Phi) is 5.63. The summed E-state index contributed by atoms with van der Waals surface area (Å²) >= 11 is 0. The van der Waals surface area contributed by atoms with Gasteiger partial charge in [-0.25, -0.2) is 18.4 Å². The number of carbonyl (C=O) groups excluding carboxylic acids is 1. The number of carbonyl (C=O) groups is 1. The lowest BCUT2D eigenvalue weighted by molar-refractivity contribution is -0.136. The molecule has 2 fully saturated rings. The first-order valence-electron chi connectivity index (χ1n) is 10.2. The molecule has 1 unspecified atom stereocenters. The van der Waals surface area contributed by atoms with E-state index in [9.17, 15) is 13.2 Å². The number of nitrogens with zero attached hydrogens (tertiary/aromatic N) is 4.